The number of nitriles is 1. The van der Waals surface area contributed by atoms with E-state index in [0.717, 1.165) is 39.0 Å². The van der Waals surface area contributed by atoms with E-state index in [-0.39, 0.29) is 6.54 Å². The lowest BCUT2D eigenvalue weighted by Gasteiger charge is -2.45. The summed E-state index contributed by atoms with van der Waals surface area (Å²) in [6.45, 7) is 4.57. The molecule has 0 radical (unpaired) electrons. The van der Waals surface area contributed by atoms with Crippen LogP contribution in [0, 0.1) is 28.6 Å². The van der Waals surface area contributed by atoms with Gasteiger partial charge in [0.1, 0.15) is 17.1 Å². The van der Waals surface area contributed by atoms with Crippen LogP contribution >= 0.6 is 0 Å². The van der Waals surface area contributed by atoms with Gasteiger partial charge in [0.15, 0.2) is 0 Å². The molecule has 3 fully saturated rings. The lowest BCUT2D eigenvalue weighted by Crippen LogP contribution is -2.47. The summed E-state index contributed by atoms with van der Waals surface area (Å²) in [6.07, 6.45) is 3.29. The first-order chi connectivity index (χ1) is 15.9. The van der Waals surface area contributed by atoms with Crippen LogP contribution in [0.4, 0.5) is 18.9 Å². The Balaban J connectivity index is 1.34. The molecule has 4 heterocycles. The average molecular weight is 459 g/mol. The minimum absolute atomic E-state index is 0.0881. The van der Waals surface area contributed by atoms with Crippen LogP contribution < -0.4 is 10.2 Å². The van der Waals surface area contributed by atoms with Crippen molar-refractivity contribution >= 4 is 16.7 Å². The summed E-state index contributed by atoms with van der Waals surface area (Å²) in [6, 6.07) is 5.44. The Labute approximate surface area is 191 Å². The third-order valence-corrected chi connectivity index (χ3v) is 8.00. The molecule has 3 saturated heterocycles. The van der Waals surface area contributed by atoms with Gasteiger partial charge in [-0.1, -0.05) is 0 Å². The van der Waals surface area contributed by atoms with E-state index in [0.29, 0.717) is 40.8 Å². The molecule has 176 valence electrons. The van der Waals surface area contributed by atoms with Gasteiger partial charge in [-0.25, -0.2) is 0 Å². The number of halogens is 3. The van der Waals surface area contributed by atoms with Gasteiger partial charge >= 0.3 is 6.18 Å². The maximum atomic E-state index is 14.0. The zero-order valence-electron chi connectivity index (χ0n) is 18.6. The summed E-state index contributed by atoms with van der Waals surface area (Å²) in [4.78, 5) is 12.7. The van der Waals surface area contributed by atoms with Crippen LogP contribution in [-0.2, 0) is 0 Å². The average Bonchev–Trinajstić information content (AvgIpc) is 3.25. The normalized spacial score (nSPS) is 26.1. The van der Waals surface area contributed by atoms with Crippen molar-refractivity contribution in [1.82, 2.24) is 20.2 Å². The van der Waals surface area contributed by atoms with Crippen LogP contribution in [0.5, 0.6) is 0 Å². The summed E-state index contributed by atoms with van der Waals surface area (Å²) in [5.41, 5.74) is 2.32. The molecule has 5 rings (SSSR count). The number of aromatic nitrogens is 2. The molecular formula is C24H29F3N6. The minimum atomic E-state index is -4.25. The number of benzene rings is 1. The van der Waals surface area contributed by atoms with E-state index < -0.39 is 18.0 Å². The SMILES string of the molecule is N#Cc1ccc(N2C[C@H](CN3CCC4(CCNCC4)CC3)[C@@H](C(F)(F)F)C2)c2nccnc12. The third-order valence-electron chi connectivity index (χ3n) is 8.00. The molecule has 1 spiro atoms. The number of hydrogen-bond acceptors (Lipinski definition) is 6. The molecule has 9 heteroatoms. The fourth-order valence-electron chi connectivity index (χ4n) is 6.01. The maximum Gasteiger partial charge on any atom is 0.393 e. The Morgan fingerprint density at radius 2 is 1.73 bits per heavy atom. The summed E-state index contributed by atoms with van der Waals surface area (Å²) in [5, 5.41) is 12.8. The van der Waals surface area contributed by atoms with Crippen LogP contribution in [0.3, 0.4) is 0 Å². The highest BCUT2D eigenvalue weighted by atomic mass is 19.4. The Bertz CT molecular complexity index is 1030. The first-order valence-corrected chi connectivity index (χ1v) is 11.8. The highest BCUT2D eigenvalue weighted by molar-refractivity contribution is 5.92. The third kappa shape index (κ3) is 4.38. The van der Waals surface area contributed by atoms with Gasteiger partial charge in [0.05, 0.1) is 17.2 Å². The van der Waals surface area contributed by atoms with Crippen molar-refractivity contribution in [2.24, 2.45) is 17.3 Å². The van der Waals surface area contributed by atoms with E-state index in [4.69, 9.17) is 0 Å². The second-order valence-corrected chi connectivity index (χ2v) is 9.86. The van der Waals surface area contributed by atoms with Gasteiger partial charge in [-0.2, -0.15) is 18.4 Å². The fourth-order valence-corrected chi connectivity index (χ4v) is 6.01. The van der Waals surface area contributed by atoms with Crippen molar-refractivity contribution in [2.75, 3.05) is 50.7 Å². The molecule has 2 atom stereocenters. The molecule has 0 saturated carbocycles. The van der Waals surface area contributed by atoms with Crippen molar-refractivity contribution in [3.63, 3.8) is 0 Å². The minimum Gasteiger partial charge on any atom is -0.369 e. The van der Waals surface area contributed by atoms with Gasteiger partial charge in [-0.15, -0.1) is 0 Å². The standard InChI is InChI=1S/C24H29F3N6/c25-24(26,27)19-16-33(20-2-1-17(13-28)21-22(20)31-10-9-30-21)15-18(19)14-32-11-5-23(6-12-32)3-7-29-8-4-23/h1-2,9-10,18-19,29H,3-8,11-12,14-16H2/t18-,19-/m0/s1. The van der Waals surface area contributed by atoms with Crippen molar-refractivity contribution in [2.45, 2.75) is 31.9 Å². The van der Waals surface area contributed by atoms with Crippen LogP contribution in [-0.4, -0.2) is 66.9 Å². The van der Waals surface area contributed by atoms with Crippen molar-refractivity contribution in [3.8, 4) is 6.07 Å². The second kappa shape index (κ2) is 8.73. The summed E-state index contributed by atoms with van der Waals surface area (Å²) in [5.74, 6) is -1.87. The second-order valence-electron chi connectivity index (χ2n) is 9.86. The van der Waals surface area contributed by atoms with Crippen LogP contribution in [0.1, 0.15) is 31.2 Å². The quantitative estimate of drug-likeness (QED) is 0.759. The fraction of sp³-hybridized carbons (Fsp3) is 0.625. The predicted molar refractivity (Wildman–Crippen MR) is 120 cm³/mol. The smallest absolute Gasteiger partial charge is 0.369 e. The molecule has 3 aliphatic rings. The number of hydrogen-bond donors (Lipinski definition) is 1. The molecule has 0 amide bonds. The lowest BCUT2D eigenvalue weighted by atomic mass is 9.71. The number of fused-ring (bicyclic) bond motifs is 1. The summed E-state index contributed by atoms with van der Waals surface area (Å²) in [7, 11) is 0. The Morgan fingerprint density at radius 3 is 2.39 bits per heavy atom. The molecule has 1 aromatic carbocycles. The monoisotopic (exact) mass is 458 g/mol. The number of rotatable bonds is 3. The van der Waals surface area contributed by atoms with Gasteiger partial charge in [0.25, 0.3) is 0 Å². The van der Waals surface area contributed by atoms with Gasteiger partial charge in [0.2, 0.25) is 0 Å². The number of likely N-dealkylation sites (tertiary alicyclic amines) is 1. The highest BCUT2D eigenvalue weighted by Crippen LogP contribution is 2.43. The molecule has 1 aromatic heterocycles. The summed E-state index contributed by atoms with van der Waals surface area (Å²) >= 11 is 0. The van der Waals surface area contributed by atoms with E-state index in [1.807, 2.05) is 0 Å². The Morgan fingerprint density at radius 1 is 1.03 bits per heavy atom. The van der Waals surface area contributed by atoms with Gasteiger partial charge < -0.3 is 15.1 Å². The molecular weight excluding hydrogens is 429 g/mol. The van der Waals surface area contributed by atoms with Gasteiger partial charge in [-0.3, -0.25) is 9.97 Å². The van der Waals surface area contributed by atoms with E-state index >= 15 is 0 Å². The topological polar surface area (TPSA) is 68.1 Å². The number of alkyl halides is 3. The molecule has 33 heavy (non-hydrogen) atoms. The molecule has 0 unspecified atom stereocenters. The number of piperidine rings is 2. The highest BCUT2D eigenvalue weighted by Gasteiger charge is 2.50. The first-order valence-electron chi connectivity index (χ1n) is 11.8. The van der Waals surface area contributed by atoms with Gasteiger partial charge in [-0.05, 0) is 69.4 Å². The van der Waals surface area contributed by atoms with E-state index in [2.05, 4.69) is 26.3 Å². The van der Waals surface area contributed by atoms with Crippen molar-refractivity contribution in [3.05, 3.63) is 30.1 Å². The first kappa shape index (κ1) is 22.4. The molecule has 1 N–H and O–H groups in total. The lowest BCUT2D eigenvalue weighted by molar-refractivity contribution is -0.180. The van der Waals surface area contributed by atoms with Crippen LogP contribution in [0.2, 0.25) is 0 Å². The number of nitrogens with one attached hydrogen (secondary N) is 1. The van der Waals surface area contributed by atoms with Crippen molar-refractivity contribution < 1.29 is 13.2 Å². The van der Waals surface area contributed by atoms with E-state index in [1.54, 1.807) is 17.0 Å². The predicted octanol–water partition coefficient (Wildman–Crippen LogP) is 3.58. The number of anilines is 1. The van der Waals surface area contributed by atoms with Crippen molar-refractivity contribution in [1.29, 1.82) is 5.26 Å². The molecule has 0 bridgehead atoms. The molecule has 2 aromatic rings. The Kier molecular flexibility index (Phi) is 5.91. The van der Waals surface area contributed by atoms with Crippen LogP contribution in [0.25, 0.3) is 11.0 Å². The van der Waals surface area contributed by atoms with Gasteiger partial charge in [0, 0.05) is 37.9 Å². The zero-order chi connectivity index (χ0) is 23.1. The zero-order valence-corrected chi connectivity index (χ0v) is 18.6. The number of nitrogens with zero attached hydrogens (tertiary/aromatic N) is 5. The van der Waals surface area contributed by atoms with E-state index in [9.17, 15) is 18.4 Å². The molecule has 0 aliphatic carbocycles. The maximum absolute atomic E-state index is 14.0. The Hall–Kier alpha value is -2.44. The molecule has 6 nitrogen and oxygen atoms in total. The van der Waals surface area contributed by atoms with E-state index in [1.165, 1.54) is 25.2 Å². The molecule has 3 aliphatic heterocycles. The van der Waals surface area contributed by atoms with Crippen LogP contribution in [0.15, 0.2) is 24.5 Å². The largest absolute Gasteiger partial charge is 0.393 e. The summed E-state index contributed by atoms with van der Waals surface area (Å²) < 4.78 is 42.1.